The van der Waals surface area contributed by atoms with Gasteiger partial charge in [0.2, 0.25) is 5.06 Å². The van der Waals surface area contributed by atoms with Crippen molar-refractivity contribution in [1.82, 2.24) is 9.27 Å². The molecule has 0 bridgehead atoms. The van der Waals surface area contributed by atoms with Crippen LogP contribution in [-0.2, 0) is 6.18 Å². The number of hydrogen-bond donors (Lipinski definition) is 0. The summed E-state index contributed by atoms with van der Waals surface area (Å²) in [5, 5.41) is 10.2. The predicted molar refractivity (Wildman–Crippen MR) is 115 cm³/mol. The Labute approximate surface area is 186 Å². The van der Waals surface area contributed by atoms with Crippen molar-refractivity contribution in [2.75, 3.05) is 14.1 Å². The van der Waals surface area contributed by atoms with E-state index in [0.29, 0.717) is 22.0 Å². The molecule has 0 N–H and O–H groups in total. The van der Waals surface area contributed by atoms with Crippen molar-refractivity contribution in [3.63, 3.8) is 0 Å². The van der Waals surface area contributed by atoms with E-state index in [-0.39, 0.29) is 16.3 Å². The van der Waals surface area contributed by atoms with Crippen molar-refractivity contribution in [3.05, 3.63) is 58.1 Å². The fourth-order valence-electron chi connectivity index (χ4n) is 2.59. The predicted octanol–water partition coefficient (Wildman–Crippen LogP) is 6.68. The van der Waals surface area contributed by atoms with Crippen LogP contribution in [0.1, 0.15) is 16.7 Å². The highest BCUT2D eigenvalue weighted by molar-refractivity contribution is 7.08. The molecule has 0 saturated carbocycles. The molecule has 160 valence electrons. The maximum Gasteiger partial charge on any atom is 0.416 e. The molecule has 0 amide bonds. The third-order valence-corrected chi connectivity index (χ3v) is 5.16. The highest BCUT2D eigenvalue weighted by Crippen LogP contribution is 2.40. The highest BCUT2D eigenvalue weighted by atomic mass is 35.5. The second-order valence-electron chi connectivity index (χ2n) is 6.76. The van der Waals surface area contributed by atoms with Crippen LogP contribution in [0.15, 0.2) is 41.4 Å². The summed E-state index contributed by atoms with van der Waals surface area (Å²) in [4.78, 5) is 6.06. The van der Waals surface area contributed by atoms with Crippen molar-refractivity contribution >= 4 is 35.2 Å². The van der Waals surface area contributed by atoms with Crippen LogP contribution in [0, 0.1) is 18.3 Å². The topological polar surface area (TPSA) is 61.5 Å². The molecule has 1 heterocycles. The van der Waals surface area contributed by atoms with Crippen molar-refractivity contribution < 1.29 is 17.9 Å². The molecular formula is C21H16ClF3N4OS. The molecule has 0 aliphatic rings. The number of aryl methyl sites for hydroxylation is 1. The van der Waals surface area contributed by atoms with Crippen LogP contribution in [0.2, 0.25) is 5.02 Å². The Morgan fingerprint density at radius 2 is 1.90 bits per heavy atom. The van der Waals surface area contributed by atoms with Gasteiger partial charge in [0, 0.05) is 37.3 Å². The molecule has 10 heteroatoms. The zero-order valence-corrected chi connectivity index (χ0v) is 18.2. The molecule has 31 heavy (non-hydrogen) atoms. The van der Waals surface area contributed by atoms with E-state index in [1.165, 1.54) is 12.1 Å². The van der Waals surface area contributed by atoms with Crippen molar-refractivity contribution in [2.45, 2.75) is 13.1 Å². The summed E-state index contributed by atoms with van der Waals surface area (Å²) in [6, 6.07) is 9.83. The van der Waals surface area contributed by atoms with E-state index in [0.717, 1.165) is 29.2 Å². The molecule has 3 rings (SSSR count). The number of alkyl halides is 3. The van der Waals surface area contributed by atoms with Crippen LogP contribution in [0.4, 0.5) is 18.9 Å². The first-order valence-electron chi connectivity index (χ1n) is 8.86. The smallest absolute Gasteiger partial charge is 0.416 e. The summed E-state index contributed by atoms with van der Waals surface area (Å²) in [5.74, 6) is 0.424. The van der Waals surface area contributed by atoms with E-state index in [9.17, 15) is 18.4 Å². The maximum absolute atomic E-state index is 12.8. The number of nitrogens with zero attached hydrogens (tertiary/aromatic N) is 4. The Balaban J connectivity index is 1.92. The summed E-state index contributed by atoms with van der Waals surface area (Å²) in [5.41, 5.74) is 1.31. The lowest BCUT2D eigenvalue weighted by Crippen LogP contribution is -2.07. The van der Waals surface area contributed by atoms with Gasteiger partial charge in [-0.25, -0.2) is 4.99 Å². The fraction of sp³-hybridized carbons (Fsp3) is 0.190. The van der Waals surface area contributed by atoms with Crippen LogP contribution in [0.25, 0.3) is 11.3 Å². The molecule has 3 aromatic rings. The average molecular weight is 465 g/mol. The minimum absolute atomic E-state index is 0.134. The molecule has 5 nitrogen and oxygen atoms in total. The first-order valence-corrected chi connectivity index (χ1v) is 10.0. The zero-order chi connectivity index (χ0) is 22.8. The fourth-order valence-corrected chi connectivity index (χ4v) is 3.53. The second-order valence-corrected chi connectivity index (χ2v) is 7.90. The number of aromatic nitrogens is 1. The normalized spacial score (nSPS) is 11.5. The Hall–Kier alpha value is -3.09. The van der Waals surface area contributed by atoms with Crippen molar-refractivity contribution in [3.8, 4) is 28.1 Å². The Morgan fingerprint density at radius 1 is 1.23 bits per heavy atom. The van der Waals surface area contributed by atoms with Gasteiger partial charge in [0.25, 0.3) is 0 Å². The lowest BCUT2D eigenvalue weighted by atomic mass is 10.1. The number of hydrogen-bond acceptors (Lipinski definition) is 5. The molecule has 0 atom stereocenters. The lowest BCUT2D eigenvalue weighted by molar-refractivity contribution is -0.137. The van der Waals surface area contributed by atoms with Gasteiger partial charge in [0.1, 0.15) is 23.1 Å². The molecule has 0 aliphatic carbocycles. The van der Waals surface area contributed by atoms with Gasteiger partial charge in [0.15, 0.2) is 0 Å². The molecule has 0 spiro atoms. The lowest BCUT2D eigenvalue weighted by Gasteiger charge is -2.10. The summed E-state index contributed by atoms with van der Waals surface area (Å²) in [6.07, 6.45) is -2.82. The van der Waals surface area contributed by atoms with E-state index in [2.05, 4.69) is 9.37 Å². The van der Waals surface area contributed by atoms with Gasteiger partial charge < -0.3 is 9.64 Å². The van der Waals surface area contributed by atoms with E-state index in [1.807, 2.05) is 27.1 Å². The van der Waals surface area contributed by atoms with Gasteiger partial charge in [-0.1, -0.05) is 23.7 Å². The summed E-state index contributed by atoms with van der Waals surface area (Å²) >= 11 is 7.23. The number of benzene rings is 2. The Bertz CT molecular complexity index is 1170. The Kier molecular flexibility index (Phi) is 6.53. The van der Waals surface area contributed by atoms with E-state index in [4.69, 9.17) is 16.3 Å². The largest absolute Gasteiger partial charge is 0.443 e. The average Bonchev–Trinajstić information content (AvgIpc) is 3.11. The molecule has 0 saturated heterocycles. The number of nitriles is 1. The van der Waals surface area contributed by atoms with E-state index in [1.54, 1.807) is 23.4 Å². The van der Waals surface area contributed by atoms with Gasteiger partial charge in [-0.2, -0.15) is 22.8 Å². The van der Waals surface area contributed by atoms with E-state index < -0.39 is 11.7 Å². The number of rotatable bonds is 5. The van der Waals surface area contributed by atoms with Crippen LogP contribution in [-0.4, -0.2) is 29.7 Å². The van der Waals surface area contributed by atoms with Gasteiger partial charge in [-0.05, 0) is 30.7 Å². The monoisotopic (exact) mass is 464 g/mol. The first kappa shape index (κ1) is 22.6. The van der Waals surface area contributed by atoms with Crippen LogP contribution < -0.4 is 4.74 Å². The van der Waals surface area contributed by atoms with Crippen LogP contribution >= 0.6 is 23.1 Å². The molecule has 0 fully saturated rings. The SMILES string of the molecule is Cc1cc(N=CN(C)C)c(Cl)cc1Oc1snc(-c2ccc(C(F)(F)F)cc2)c1C#N. The van der Waals surface area contributed by atoms with Gasteiger partial charge >= 0.3 is 6.18 Å². The number of halogens is 4. The quantitative estimate of drug-likeness (QED) is 0.312. The Morgan fingerprint density at radius 3 is 2.48 bits per heavy atom. The van der Waals surface area contributed by atoms with Crippen molar-refractivity contribution in [2.24, 2.45) is 4.99 Å². The first-order chi connectivity index (χ1) is 14.6. The standard InChI is InChI=1S/C21H16ClF3N4OS/c1-12-8-17(27-11-29(2)3)16(22)9-18(12)30-20-15(10-26)19(28-31-20)13-4-6-14(7-5-13)21(23,24)25/h4-9,11H,1-3H3. The minimum atomic E-state index is -4.44. The van der Waals surface area contributed by atoms with Gasteiger partial charge in [-0.3, -0.25) is 0 Å². The van der Waals surface area contributed by atoms with E-state index >= 15 is 0 Å². The molecule has 0 aliphatic heterocycles. The molecule has 0 unspecified atom stereocenters. The van der Waals surface area contributed by atoms with Crippen molar-refractivity contribution in [1.29, 1.82) is 5.26 Å². The molecule has 0 radical (unpaired) electrons. The highest BCUT2D eigenvalue weighted by Gasteiger charge is 2.30. The maximum atomic E-state index is 12.8. The zero-order valence-electron chi connectivity index (χ0n) is 16.7. The second kappa shape index (κ2) is 8.96. The van der Waals surface area contributed by atoms with Gasteiger partial charge in [0.05, 0.1) is 22.6 Å². The van der Waals surface area contributed by atoms with Crippen LogP contribution in [0.3, 0.4) is 0 Å². The molecular weight excluding hydrogens is 449 g/mol. The number of ether oxygens (including phenoxy) is 1. The third-order valence-electron chi connectivity index (χ3n) is 4.13. The summed E-state index contributed by atoms with van der Waals surface area (Å²) < 4.78 is 48.5. The summed E-state index contributed by atoms with van der Waals surface area (Å²) in [7, 11) is 3.67. The molecule has 2 aromatic carbocycles. The third kappa shape index (κ3) is 5.16. The number of aliphatic imine (C=N–C) groups is 1. The molecule has 1 aromatic heterocycles. The summed E-state index contributed by atoms with van der Waals surface area (Å²) in [6.45, 7) is 1.81. The van der Waals surface area contributed by atoms with Gasteiger partial charge in [-0.15, -0.1) is 0 Å². The minimum Gasteiger partial charge on any atom is -0.443 e. The van der Waals surface area contributed by atoms with Crippen LogP contribution in [0.5, 0.6) is 10.8 Å².